The SMILES string of the molecule is COC(=O)CN(C)C(=O)COc1cc(Cl)ccc1Cl. The number of ether oxygens (including phenoxy) is 2. The number of halogens is 2. The van der Waals surface area contributed by atoms with Gasteiger partial charge in [-0.25, -0.2) is 0 Å². The highest BCUT2D eigenvalue weighted by molar-refractivity contribution is 6.34. The van der Waals surface area contributed by atoms with Crippen LogP contribution in [0.2, 0.25) is 10.0 Å². The van der Waals surface area contributed by atoms with Crippen LogP contribution in [-0.2, 0) is 14.3 Å². The number of hydrogen-bond acceptors (Lipinski definition) is 4. The van der Waals surface area contributed by atoms with E-state index in [1.807, 2.05) is 0 Å². The molecule has 0 saturated carbocycles. The minimum Gasteiger partial charge on any atom is -0.482 e. The van der Waals surface area contributed by atoms with E-state index in [2.05, 4.69) is 4.74 Å². The molecule has 0 saturated heterocycles. The van der Waals surface area contributed by atoms with E-state index >= 15 is 0 Å². The number of likely N-dealkylation sites (N-methyl/N-ethyl adjacent to an activating group) is 1. The Hall–Kier alpha value is -1.46. The first-order chi connectivity index (χ1) is 8.93. The zero-order chi connectivity index (χ0) is 14.4. The van der Waals surface area contributed by atoms with Crippen LogP contribution in [0.4, 0.5) is 0 Å². The number of carbonyl (C=O) groups excluding carboxylic acids is 2. The fraction of sp³-hybridized carbons (Fsp3) is 0.333. The van der Waals surface area contributed by atoms with Crippen molar-refractivity contribution < 1.29 is 19.1 Å². The van der Waals surface area contributed by atoms with Crippen molar-refractivity contribution in [3.63, 3.8) is 0 Å². The normalized spacial score (nSPS) is 9.89. The van der Waals surface area contributed by atoms with Gasteiger partial charge in [-0.1, -0.05) is 23.2 Å². The van der Waals surface area contributed by atoms with Crippen LogP contribution in [0.3, 0.4) is 0 Å². The molecular formula is C12H13Cl2NO4. The van der Waals surface area contributed by atoms with Crippen molar-refractivity contribution in [3.8, 4) is 5.75 Å². The third kappa shape index (κ3) is 4.96. The minimum absolute atomic E-state index is 0.137. The molecule has 0 radical (unpaired) electrons. The van der Waals surface area contributed by atoms with Crippen LogP contribution in [0, 0.1) is 0 Å². The molecule has 0 unspecified atom stereocenters. The molecule has 0 N–H and O–H groups in total. The first kappa shape index (κ1) is 15.6. The van der Waals surface area contributed by atoms with Crippen molar-refractivity contribution in [2.45, 2.75) is 0 Å². The van der Waals surface area contributed by atoms with E-state index in [4.69, 9.17) is 27.9 Å². The molecule has 19 heavy (non-hydrogen) atoms. The quantitative estimate of drug-likeness (QED) is 0.781. The summed E-state index contributed by atoms with van der Waals surface area (Å²) in [7, 11) is 2.73. The van der Waals surface area contributed by atoms with Crippen molar-refractivity contribution in [2.75, 3.05) is 27.3 Å². The summed E-state index contributed by atoms with van der Waals surface area (Å²) in [6, 6.07) is 4.70. The molecule has 0 spiro atoms. The molecule has 1 aromatic rings. The van der Waals surface area contributed by atoms with Crippen molar-refractivity contribution in [1.82, 2.24) is 4.90 Å². The molecule has 0 aliphatic heterocycles. The van der Waals surface area contributed by atoms with E-state index in [0.717, 1.165) is 0 Å². The number of esters is 1. The molecule has 0 fully saturated rings. The van der Waals surface area contributed by atoms with E-state index in [1.54, 1.807) is 12.1 Å². The fourth-order valence-electron chi connectivity index (χ4n) is 1.18. The second-order valence-corrected chi connectivity index (χ2v) is 4.53. The third-order valence-electron chi connectivity index (χ3n) is 2.26. The molecule has 104 valence electrons. The average molecular weight is 306 g/mol. The maximum Gasteiger partial charge on any atom is 0.325 e. The molecule has 0 heterocycles. The van der Waals surface area contributed by atoms with Gasteiger partial charge in [-0.15, -0.1) is 0 Å². The number of amides is 1. The largest absolute Gasteiger partial charge is 0.482 e. The summed E-state index contributed by atoms with van der Waals surface area (Å²) in [5, 5.41) is 0.808. The van der Waals surface area contributed by atoms with Crippen molar-refractivity contribution in [3.05, 3.63) is 28.2 Å². The maximum atomic E-state index is 11.7. The Morgan fingerprint density at radius 3 is 2.63 bits per heavy atom. The molecule has 0 aliphatic carbocycles. The van der Waals surface area contributed by atoms with Gasteiger partial charge < -0.3 is 14.4 Å². The monoisotopic (exact) mass is 305 g/mol. The van der Waals surface area contributed by atoms with Gasteiger partial charge in [-0.3, -0.25) is 9.59 Å². The summed E-state index contributed by atoms with van der Waals surface area (Å²) in [5.41, 5.74) is 0. The predicted molar refractivity (Wildman–Crippen MR) is 71.6 cm³/mol. The van der Waals surface area contributed by atoms with Crippen LogP contribution in [0.25, 0.3) is 0 Å². The molecule has 1 amide bonds. The molecule has 0 bridgehead atoms. The molecular weight excluding hydrogens is 293 g/mol. The highest BCUT2D eigenvalue weighted by Gasteiger charge is 2.14. The summed E-state index contributed by atoms with van der Waals surface area (Å²) in [4.78, 5) is 23.9. The minimum atomic E-state index is -0.503. The Balaban J connectivity index is 2.54. The van der Waals surface area contributed by atoms with Gasteiger partial charge >= 0.3 is 5.97 Å². The van der Waals surface area contributed by atoms with E-state index in [0.29, 0.717) is 15.8 Å². The lowest BCUT2D eigenvalue weighted by Crippen LogP contribution is -2.35. The van der Waals surface area contributed by atoms with E-state index in [1.165, 1.54) is 25.1 Å². The summed E-state index contributed by atoms with van der Waals surface area (Å²) in [6.07, 6.45) is 0. The van der Waals surface area contributed by atoms with Crippen LogP contribution in [-0.4, -0.2) is 44.1 Å². The van der Waals surface area contributed by atoms with E-state index < -0.39 is 5.97 Å². The lowest BCUT2D eigenvalue weighted by molar-refractivity contribution is -0.146. The Bertz CT molecular complexity index is 479. The Labute approximate surface area is 121 Å². The second-order valence-electron chi connectivity index (χ2n) is 3.69. The second kappa shape index (κ2) is 7.21. The van der Waals surface area contributed by atoms with Gasteiger partial charge in [-0.05, 0) is 12.1 Å². The van der Waals surface area contributed by atoms with Gasteiger partial charge in [0.05, 0.1) is 12.1 Å². The van der Waals surface area contributed by atoms with Crippen molar-refractivity contribution in [1.29, 1.82) is 0 Å². The molecule has 0 atom stereocenters. The standard InChI is InChI=1S/C12H13Cl2NO4/c1-15(6-12(17)18-2)11(16)7-19-10-5-8(13)3-4-9(10)14/h3-5H,6-7H2,1-2H3. The van der Waals surface area contributed by atoms with Crippen LogP contribution in [0.15, 0.2) is 18.2 Å². The summed E-state index contributed by atoms with van der Waals surface area (Å²) in [6.45, 7) is -0.379. The number of hydrogen-bond donors (Lipinski definition) is 0. The third-order valence-corrected chi connectivity index (χ3v) is 2.81. The average Bonchev–Trinajstić information content (AvgIpc) is 2.39. The van der Waals surface area contributed by atoms with E-state index in [9.17, 15) is 9.59 Å². The summed E-state index contributed by atoms with van der Waals surface area (Å²) >= 11 is 11.7. The highest BCUT2D eigenvalue weighted by atomic mass is 35.5. The molecule has 1 aromatic carbocycles. The number of methoxy groups -OCH3 is 1. The predicted octanol–water partition coefficient (Wildman–Crippen LogP) is 2.00. The maximum absolute atomic E-state index is 11.7. The first-order valence-corrected chi connectivity index (χ1v) is 6.08. The molecule has 0 aliphatic rings. The topological polar surface area (TPSA) is 55.8 Å². The van der Waals surface area contributed by atoms with Crippen LogP contribution in [0.1, 0.15) is 0 Å². The van der Waals surface area contributed by atoms with Crippen LogP contribution >= 0.6 is 23.2 Å². The zero-order valence-corrected chi connectivity index (χ0v) is 12.0. The number of nitrogens with zero attached hydrogens (tertiary/aromatic N) is 1. The number of carbonyl (C=O) groups is 2. The Morgan fingerprint density at radius 2 is 2.00 bits per heavy atom. The molecule has 5 nitrogen and oxygen atoms in total. The molecule has 0 aromatic heterocycles. The van der Waals surface area contributed by atoms with Gasteiger partial charge in [0.1, 0.15) is 12.3 Å². The van der Waals surface area contributed by atoms with Crippen molar-refractivity contribution >= 4 is 35.1 Å². The number of rotatable bonds is 5. The van der Waals surface area contributed by atoms with Crippen LogP contribution in [0.5, 0.6) is 5.75 Å². The van der Waals surface area contributed by atoms with Crippen molar-refractivity contribution in [2.24, 2.45) is 0 Å². The van der Waals surface area contributed by atoms with E-state index in [-0.39, 0.29) is 19.1 Å². The smallest absolute Gasteiger partial charge is 0.325 e. The lowest BCUT2D eigenvalue weighted by atomic mass is 10.3. The Morgan fingerprint density at radius 1 is 1.32 bits per heavy atom. The highest BCUT2D eigenvalue weighted by Crippen LogP contribution is 2.27. The van der Waals surface area contributed by atoms with Gasteiger partial charge in [0, 0.05) is 18.1 Å². The fourth-order valence-corrected chi connectivity index (χ4v) is 1.52. The van der Waals surface area contributed by atoms with Gasteiger partial charge in [-0.2, -0.15) is 0 Å². The summed E-state index contributed by atoms with van der Waals surface area (Å²) in [5.74, 6) is -0.563. The van der Waals surface area contributed by atoms with Gasteiger partial charge in [0.25, 0.3) is 5.91 Å². The zero-order valence-electron chi connectivity index (χ0n) is 10.5. The first-order valence-electron chi connectivity index (χ1n) is 5.32. The number of benzene rings is 1. The van der Waals surface area contributed by atoms with Gasteiger partial charge in [0.15, 0.2) is 6.61 Å². The lowest BCUT2D eigenvalue weighted by Gasteiger charge is -2.16. The molecule has 1 rings (SSSR count). The van der Waals surface area contributed by atoms with Crippen LogP contribution < -0.4 is 4.74 Å². The summed E-state index contributed by atoms with van der Waals surface area (Å²) < 4.78 is 9.71. The molecule has 7 heteroatoms. The Kier molecular flexibility index (Phi) is 5.92. The van der Waals surface area contributed by atoms with Gasteiger partial charge in [0.2, 0.25) is 0 Å².